The number of halogens is 4. The summed E-state index contributed by atoms with van der Waals surface area (Å²) >= 11 is 5.83. The van der Waals surface area contributed by atoms with Gasteiger partial charge in [-0.2, -0.15) is 13.2 Å². The molecule has 2 amide bonds. The Morgan fingerprint density at radius 1 is 1.19 bits per heavy atom. The number of aromatic nitrogens is 1. The van der Waals surface area contributed by atoms with Crippen molar-refractivity contribution in [3.8, 4) is 0 Å². The average molecular weight is 386 g/mol. The molecule has 1 aromatic heterocycles. The zero-order chi connectivity index (χ0) is 18.6. The minimum absolute atomic E-state index is 0.0840. The van der Waals surface area contributed by atoms with E-state index in [2.05, 4.69) is 10.3 Å². The van der Waals surface area contributed by atoms with Crippen LogP contribution in [0.25, 0.3) is 0 Å². The summed E-state index contributed by atoms with van der Waals surface area (Å²) in [7, 11) is 0. The van der Waals surface area contributed by atoms with Gasteiger partial charge in [-0.05, 0) is 24.3 Å². The van der Waals surface area contributed by atoms with Crippen molar-refractivity contribution in [2.45, 2.75) is 12.6 Å². The number of anilines is 1. The lowest BCUT2D eigenvalue weighted by molar-refractivity contribution is -0.140. The first kappa shape index (κ1) is 17.3. The molecule has 2 bridgehead atoms. The number of carbonyl (C=O) groups excluding carboxylic acids is 2. The van der Waals surface area contributed by atoms with E-state index in [4.69, 9.17) is 11.6 Å². The van der Waals surface area contributed by atoms with Gasteiger partial charge < -0.3 is 5.32 Å². The third-order valence-corrected chi connectivity index (χ3v) is 5.65. The number of carbonyl (C=O) groups is 2. The highest BCUT2D eigenvalue weighted by molar-refractivity contribution is 6.33. The van der Waals surface area contributed by atoms with Crippen molar-refractivity contribution in [2.75, 3.05) is 18.4 Å². The van der Waals surface area contributed by atoms with Gasteiger partial charge in [-0.3, -0.25) is 14.5 Å². The summed E-state index contributed by atoms with van der Waals surface area (Å²) in [6.07, 6.45) is 1.07. The Kier molecular flexibility index (Phi) is 3.98. The normalized spacial score (nSPS) is 29.6. The predicted molar refractivity (Wildman–Crippen MR) is 87.2 cm³/mol. The first-order chi connectivity index (χ1) is 12.3. The minimum atomic E-state index is -4.52. The molecule has 9 heteroatoms. The fraction of sp³-hybridized carbons (Fsp3) is 0.471. The van der Waals surface area contributed by atoms with Gasteiger partial charge >= 0.3 is 6.18 Å². The maximum absolute atomic E-state index is 12.6. The summed E-state index contributed by atoms with van der Waals surface area (Å²) in [5.74, 6) is -0.470. The standard InChI is InChI=1S/C17H15ClF3N3O2/c18-11-6-10(17(19,20)21)7-23-14(11)22-3-4-24-15(25)12-8-1-2-9(5-8)13(12)16(24)26/h1-2,6-9,12-13H,3-5H2,(H,22,23)/t8-,9+,12-,13+. The molecule has 2 aliphatic carbocycles. The van der Waals surface area contributed by atoms with E-state index in [-0.39, 0.29) is 59.4 Å². The summed E-state index contributed by atoms with van der Waals surface area (Å²) in [5.41, 5.74) is -0.936. The molecule has 2 heterocycles. The summed E-state index contributed by atoms with van der Waals surface area (Å²) in [5, 5.41) is 2.62. The van der Waals surface area contributed by atoms with Crippen LogP contribution in [-0.4, -0.2) is 34.8 Å². The SMILES string of the molecule is O=C1[C@@H]2[C@H](C(=O)N1CCNc1ncc(C(F)(F)F)cc1Cl)[C@@H]1C=C[C@H]2C1. The molecule has 3 aliphatic rings. The first-order valence-corrected chi connectivity index (χ1v) is 8.65. The molecule has 1 saturated heterocycles. The molecular weight excluding hydrogens is 371 g/mol. The highest BCUT2D eigenvalue weighted by Crippen LogP contribution is 2.52. The lowest BCUT2D eigenvalue weighted by Crippen LogP contribution is -2.36. The highest BCUT2D eigenvalue weighted by Gasteiger charge is 2.58. The Morgan fingerprint density at radius 3 is 2.35 bits per heavy atom. The van der Waals surface area contributed by atoms with Crippen LogP contribution in [0.15, 0.2) is 24.4 Å². The molecule has 26 heavy (non-hydrogen) atoms. The van der Waals surface area contributed by atoms with Crippen LogP contribution < -0.4 is 5.32 Å². The zero-order valence-electron chi connectivity index (χ0n) is 13.5. The lowest BCUT2D eigenvalue weighted by Gasteiger charge is -2.18. The zero-order valence-corrected chi connectivity index (χ0v) is 14.2. The fourth-order valence-electron chi connectivity index (χ4n) is 4.19. The van der Waals surface area contributed by atoms with Gasteiger partial charge in [0.2, 0.25) is 11.8 Å². The van der Waals surface area contributed by atoms with Gasteiger partial charge in [-0.1, -0.05) is 23.8 Å². The number of likely N-dealkylation sites (tertiary alicyclic amines) is 1. The number of nitrogens with one attached hydrogen (secondary N) is 1. The van der Waals surface area contributed by atoms with Crippen LogP contribution in [0.2, 0.25) is 5.02 Å². The Balaban J connectivity index is 1.39. The minimum Gasteiger partial charge on any atom is -0.367 e. The summed E-state index contributed by atoms with van der Waals surface area (Å²) in [6, 6.07) is 0.788. The van der Waals surface area contributed by atoms with Crippen LogP contribution in [0.3, 0.4) is 0 Å². The second-order valence-electron chi connectivity index (χ2n) is 6.81. The van der Waals surface area contributed by atoms with Crippen molar-refractivity contribution in [2.24, 2.45) is 23.7 Å². The van der Waals surface area contributed by atoms with E-state index >= 15 is 0 Å². The molecule has 1 saturated carbocycles. The number of amides is 2. The highest BCUT2D eigenvalue weighted by atomic mass is 35.5. The van der Waals surface area contributed by atoms with Crippen LogP contribution in [0.1, 0.15) is 12.0 Å². The van der Waals surface area contributed by atoms with Crippen molar-refractivity contribution < 1.29 is 22.8 Å². The summed E-state index contributed by atoms with van der Waals surface area (Å²) < 4.78 is 37.9. The number of imide groups is 1. The maximum atomic E-state index is 12.6. The Morgan fingerprint density at radius 2 is 1.81 bits per heavy atom. The van der Waals surface area contributed by atoms with Crippen LogP contribution in [0, 0.1) is 23.7 Å². The fourth-order valence-corrected chi connectivity index (χ4v) is 4.43. The number of hydrogen-bond donors (Lipinski definition) is 1. The molecule has 4 atom stereocenters. The molecular formula is C17H15ClF3N3O2. The number of fused-ring (bicyclic) bond motifs is 5. The van der Waals surface area contributed by atoms with E-state index in [1.807, 2.05) is 12.2 Å². The van der Waals surface area contributed by atoms with Crippen molar-refractivity contribution in [3.63, 3.8) is 0 Å². The third kappa shape index (κ3) is 2.67. The molecule has 0 radical (unpaired) electrons. The molecule has 1 aromatic rings. The monoisotopic (exact) mass is 385 g/mol. The number of pyridine rings is 1. The molecule has 2 fully saturated rings. The Bertz CT molecular complexity index is 781. The lowest BCUT2D eigenvalue weighted by atomic mass is 9.85. The third-order valence-electron chi connectivity index (χ3n) is 5.36. The summed E-state index contributed by atoms with van der Waals surface area (Å²) in [6.45, 7) is 0.293. The molecule has 0 spiro atoms. The maximum Gasteiger partial charge on any atom is 0.417 e. The second kappa shape index (κ2) is 5.97. The van der Waals surface area contributed by atoms with E-state index in [1.165, 1.54) is 4.90 Å². The summed E-state index contributed by atoms with van der Waals surface area (Å²) in [4.78, 5) is 30.0. The number of hydrogen-bond acceptors (Lipinski definition) is 4. The van der Waals surface area contributed by atoms with E-state index in [0.29, 0.717) is 6.20 Å². The Labute approximate surface area is 152 Å². The van der Waals surface area contributed by atoms with Gasteiger partial charge in [0.1, 0.15) is 5.82 Å². The number of allylic oxidation sites excluding steroid dienone is 2. The van der Waals surface area contributed by atoms with Crippen molar-refractivity contribution in [3.05, 3.63) is 35.0 Å². The molecule has 0 unspecified atom stereocenters. The number of rotatable bonds is 4. The molecule has 4 rings (SSSR count). The van der Waals surface area contributed by atoms with Crippen LogP contribution in [-0.2, 0) is 15.8 Å². The van der Waals surface area contributed by atoms with Crippen LogP contribution in [0.5, 0.6) is 0 Å². The molecule has 1 N–H and O–H groups in total. The van der Waals surface area contributed by atoms with Crippen molar-refractivity contribution >= 4 is 29.2 Å². The largest absolute Gasteiger partial charge is 0.417 e. The predicted octanol–water partition coefficient (Wildman–Crippen LogP) is 2.97. The quantitative estimate of drug-likeness (QED) is 0.639. The van der Waals surface area contributed by atoms with Gasteiger partial charge in [0.25, 0.3) is 0 Å². The van der Waals surface area contributed by atoms with Crippen molar-refractivity contribution in [1.82, 2.24) is 9.88 Å². The van der Waals surface area contributed by atoms with Gasteiger partial charge in [-0.15, -0.1) is 0 Å². The van der Waals surface area contributed by atoms with Crippen LogP contribution >= 0.6 is 11.6 Å². The Hall–Kier alpha value is -2.09. The molecule has 138 valence electrons. The molecule has 5 nitrogen and oxygen atoms in total. The van der Waals surface area contributed by atoms with Gasteiger partial charge in [-0.25, -0.2) is 4.98 Å². The van der Waals surface area contributed by atoms with Gasteiger partial charge in [0.15, 0.2) is 0 Å². The molecule has 1 aliphatic heterocycles. The first-order valence-electron chi connectivity index (χ1n) is 8.27. The van der Waals surface area contributed by atoms with E-state index in [1.54, 1.807) is 0 Å². The van der Waals surface area contributed by atoms with Gasteiger partial charge in [0, 0.05) is 19.3 Å². The number of alkyl halides is 3. The van der Waals surface area contributed by atoms with Crippen molar-refractivity contribution in [1.29, 1.82) is 0 Å². The molecule has 0 aromatic carbocycles. The topological polar surface area (TPSA) is 62.3 Å². The smallest absolute Gasteiger partial charge is 0.367 e. The van der Waals surface area contributed by atoms with E-state index in [9.17, 15) is 22.8 Å². The average Bonchev–Trinajstić information content (AvgIpc) is 3.24. The van der Waals surface area contributed by atoms with Gasteiger partial charge in [0.05, 0.1) is 22.4 Å². The van der Waals surface area contributed by atoms with E-state index < -0.39 is 11.7 Å². The van der Waals surface area contributed by atoms with Crippen LogP contribution in [0.4, 0.5) is 19.0 Å². The van der Waals surface area contributed by atoms with E-state index in [0.717, 1.165) is 12.5 Å². The number of nitrogens with zero attached hydrogens (tertiary/aromatic N) is 2. The second-order valence-corrected chi connectivity index (χ2v) is 7.21.